The second-order valence-electron chi connectivity index (χ2n) is 6.03. The summed E-state index contributed by atoms with van der Waals surface area (Å²) in [5.74, 6) is 2.13. The molecule has 2 aromatic rings. The van der Waals surface area contributed by atoms with Crippen LogP contribution in [0.5, 0.6) is 11.5 Å². The fourth-order valence-electron chi connectivity index (χ4n) is 2.73. The van der Waals surface area contributed by atoms with Gasteiger partial charge in [-0.1, -0.05) is 29.4 Å². The Labute approximate surface area is 166 Å². The third-order valence-corrected chi connectivity index (χ3v) is 5.37. The molecule has 0 saturated carbocycles. The van der Waals surface area contributed by atoms with Crippen LogP contribution in [0.15, 0.2) is 47.5 Å². The zero-order chi connectivity index (χ0) is 18.6. The lowest BCUT2D eigenvalue weighted by atomic mass is 10.1. The molecule has 0 bridgehead atoms. The number of fused-ring (bicyclic) bond motifs is 1. The number of halogens is 1. The van der Waals surface area contributed by atoms with Crippen LogP contribution in [-0.2, 0) is 0 Å². The number of ether oxygens (including phenoxy) is 2. The van der Waals surface area contributed by atoms with Gasteiger partial charge < -0.3 is 14.8 Å². The first-order chi connectivity index (χ1) is 13.2. The lowest BCUT2D eigenvalue weighted by Gasteiger charge is -2.13. The van der Waals surface area contributed by atoms with Crippen LogP contribution < -0.4 is 14.8 Å². The number of benzene rings is 2. The minimum atomic E-state index is -0.0836. The summed E-state index contributed by atoms with van der Waals surface area (Å²) in [6.07, 6.45) is 4.36. The first kappa shape index (κ1) is 17.9. The van der Waals surface area contributed by atoms with Gasteiger partial charge in [0.15, 0.2) is 22.4 Å². The van der Waals surface area contributed by atoms with E-state index in [1.54, 1.807) is 42.1 Å². The van der Waals surface area contributed by atoms with Crippen LogP contribution in [0.2, 0.25) is 5.02 Å². The van der Waals surface area contributed by atoms with Crippen molar-refractivity contribution in [3.63, 3.8) is 0 Å². The molecule has 0 saturated heterocycles. The molecule has 0 atom stereocenters. The van der Waals surface area contributed by atoms with Gasteiger partial charge in [0, 0.05) is 23.5 Å². The molecule has 0 unspecified atom stereocenters. The van der Waals surface area contributed by atoms with Gasteiger partial charge >= 0.3 is 0 Å². The van der Waals surface area contributed by atoms with Crippen LogP contribution in [0.4, 0.5) is 5.69 Å². The van der Waals surface area contributed by atoms with E-state index in [4.69, 9.17) is 21.1 Å². The summed E-state index contributed by atoms with van der Waals surface area (Å²) in [5.41, 5.74) is 2.32. The highest BCUT2D eigenvalue weighted by atomic mass is 35.5. The van der Waals surface area contributed by atoms with Crippen LogP contribution >= 0.6 is 23.4 Å². The van der Waals surface area contributed by atoms with Gasteiger partial charge in [0.2, 0.25) is 6.79 Å². The monoisotopic (exact) mass is 400 g/mol. The van der Waals surface area contributed by atoms with Crippen molar-refractivity contribution in [1.82, 2.24) is 0 Å². The van der Waals surface area contributed by atoms with Crippen molar-refractivity contribution >= 4 is 46.1 Å². The summed E-state index contributed by atoms with van der Waals surface area (Å²) >= 11 is 7.88. The highest BCUT2D eigenvalue weighted by molar-refractivity contribution is 8.14. The Hall–Kier alpha value is -2.44. The van der Waals surface area contributed by atoms with Gasteiger partial charge in [0.05, 0.1) is 5.02 Å². The summed E-state index contributed by atoms with van der Waals surface area (Å²) in [5, 5.41) is 4.68. The Morgan fingerprint density at radius 2 is 2.07 bits per heavy atom. The van der Waals surface area contributed by atoms with E-state index in [0.29, 0.717) is 22.1 Å². The number of allylic oxidation sites excluding steroid dienone is 1. The molecule has 138 valence electrons. The Kier molecular flexibility index (Phi) is 5.36. The van der Waals surface area contributed by atoms with Gasteiger partial charge in [-0.05, 0) is 54.5 Å². The van der Waals surface area contributed by atoms with Crippen molar-refractivity contribution in [1.29, 1.82) is 0 Å². The Bertz CT molecular complexity index is 926. The largest absolute Gasteiger partial charge is 0.454 e. The molecule has 2 heterocycles. The van der Waals surface area contributed by atoms with Crippen LogP contribution in [0.1, 0.15) is 22.3 Å². The minimum Gasteiger partial charge on any atom is -0.454 e. The summed E-state index contributed by atoms with van der Waals surface area (Å²) in [4.78, 5) is 16.9. The molecule has 0 fully saturated rings. The van der Waals surface area contributed by atoms with Gasteiger partial charge in [0.25, 0.3) is 0 Å². The molecule has 2 aliphatic heterocycles. The lowest BCUT2D eigenvalue weighted by molar-refractivity contribution is 0.104. The Morgan fingerprint density at radius 3 is 2.85 bits per heavy atom. The highest BCUT2D eigenvalue weighted by Gasteiger charge is 2.17. The second-order valence-corrected chi connectivity index (χ2v) is 7.52. The number of rotatable bonds is 4. The molecule has 4 rings (SSSR count). The average molecular weight is 401 g/mol. The normalized spacial score (nSPS) is 15.7. The molecule has 7 heteroatoms. The third-order valence-electron chi connectivity index (χ3n) is 4.09. The van der Waals surface area contributed by atoms with Gasteiger partial charge in [-0.3, -0.25) is 9.79 Å². The number of nitrogens with zero attached hydrogens (tertiary/aromatic N) is 1. The maximum absolute atomic E-state index is 12.4. The van der Waals surface area contributed by atoms with Crippen LogP contribution in [0.3, 0.4) is 0 Å². The molecule has 0 amide bonds. The van der Waals surface area contributed by atoms with E-state index in [2.05, 4.69) is 10.3 Å². The van der Waals surface area contributed by atoms with E-state index >= 15 is 0 Å². The highest BCUT2D eigenvalue weighted by Crippen LogP contribution is 2.40. The summed E-state index contributed by atoms with van der Waals surface area (Å²) < 4.78 is 10.6. The summed E-state index contributed by atoms with van der Waals surface area (Å²) in [6, 6.07) is 10.9. The number of hydrogen-bond donors (Lipinski definition) is 1. The number of aliphatic imine (C=N–C) groups is 1. The minimum absolute atomic E-state index is 0.0836. The first-order valence-corrected chi connectivity index (χ1v) is 9.91. The summed E-state index contributed by atoms with van der Waals surface area (Å²) in [6.45, 7) is 1.02. The number of nitrogens with one attached hydrogen (secondary N) is 1. The molecule has 0 aliphatic carbocycles. The van der Waals surface area contributed by atoms with Crippen LogP contribution in [-0.4, -0.2) is 30.0 Å². The smallest absolute Gasteiger partial charge is 0.231 e. The molecule has 0 aromatic heterocycles. The molecular weight excluding hydrogens is 384 g/mol. The molecule has 5 nitrogen and oxygen atoms in total. The Balaban J connectivity index is 1.43. The number of carbonyl (C=O) groups excluding carboxylic acids is 1. The van der Waals surface area contributed by atoms with Crippen molar-refractivity contribution < 1.29 is 14.3 Å². The van der Waals surface area contributed by atoms with Gasteiger partial charge in [-0.2, -0.15) is 0 Å². The van der Waals surface area contributed by atoms with E-state index < -0.39 is 0 Å². The fraction of sp³-hybridized carbons (Fsp3) is 0.200. The molecule has 0 spiro atoms. The SMILES string of the molecule is O=C(/C=C/c1cc(Cl)c2c(c1)OCO2)c1ccc(NC2=NCCCS2)cc1. The van der Waals surface area contributed by atoms with E-state index in [9.17, 15) is 4.79 Å². The maximum atomic E-state index is 12.4. The van der Waals surface area contributed by atoms with Gasteiger partial charge in [0.1, 0.15) is 0 Å². The topological polar surface area (TPSA) is 59.9 Å². The number of amidine groups is 1. The predicted octanol–water partition coefficient (Wildman–Crippen LogP) is 4.87. The number of anilines is 1. The van der Waals surface area contributed by atoms with Crippen molar-refractivity contribution in [2.75, 3.05) is 24.4 Å². The van der Waals surface area contributed by atoms with Crippen molar-refractivity contribution in [2.45, 2.75) is 6.42 Å². The molecule has 2 aromatic carbocycles. The van der Waals surface area contributed by atoms with Crippen LogP contribution in [0, 0.1) is 0 Å². The number of ketones is 1. The predicted molar refractivity (Wildman–Crippen MR) is 110 cm³/mol. The molecule has 2 aliphatic rings. The zero-order valence-corrected chi connectivity index (χ0v) is 16.0. The molecule has 0 radical (unpaired) electrons. The average Bonchev–Trinajstić information content (AvgIpc) is 3.17. The zero-order valence-electron chi connectivity index (χ0n) is 14.4. The lowest BCUT2D eigenvalue weighted by Crippen LogP contribution is -2.13. The molecule has 27 heavy (non-hydrogen) atoms. The third kappa shape index (κ3) is 4.28. The van der Waals surface area contributed by atoms with Crippen LogP contribution in [0.25, 0.3) is 6.08 Å². The first-order valence-electron chi connectivity index (χ1n) is 8.55. The second kappa shape index (κ2) is 8.06. The van der Waals surface area contributed by atoms with Crippen molar-refractivity contribution in [3.05, 3.63) is 58.6 Å². The van der Waals surface area contributed by atoms with E-state index in [0.717, 1.165) is 35.1 Å². The number of thioether (sulfide) groups is 1. The van der Waals surface area contributed by atoms with Gasteiger partial charge in [-0.15, -0.1) is 0 Å². The number of carbonyl (C=O) groups is 1. The molecular formula is C20H17ClN2O3S. The maximum Gasteiger partial charge on any atom is 0.231 e. The van der Waals surface area contributed by atoms with Crippen molar-refractivity contribution in [2.24, 2.45) is 4.99 Å². The summed E-state index contributed by atoms with van der Waals surface area (Å²) in [7, 11) is 0. The quantitative estimate of drug-likeness (QED) is 0.586. The number of hydrogen-bond acceptors (Lipinski definition) is 6. The van der Waals surface area contributed by atoms with E-state index in [1.165, 1.54) is 6.08 Å². The standard InChI is InChI=1S/C20H17ClN2O3S/c21-16-10-13(11-18-19(16)26-12-25-18)2-7-17(24)14-3-5-15(6-4-14)23-20-22-8-1-9-27-20/h2-7,10-11H,1,8-9,12H2,(H,22,23)/b7-2+. The fourth-order valence-corrected chi connectivity index (χ4v) is 3.84. The van der Waals surface area contributed by atoms with E-state index in [-0.39, 0.29) is 12.6 Å². The van der Waals surface area contributed by atoms with Gasteiger partial charge in [-0.25, -0.2) is 0 Å². The Morgan fingerprint density at radius 1 is 1.22 bits per heavy atom. The van der Waals surface area contributed by atoms with E-state index in [1.807, 2.05) is 12.1 Å². The van der Waals surface area contributed by atoms with Crippen molar-refractivity contribution in [3.8, 4) is 11.5 Å². The molecule has 1 N–H and O–H groups in total.